The van der Waals surface area contributed by atoms with E-state index >= 15 is 0 Å². The Morgan fingerprint density at radius 1 is 1.33 bits per heavy atom. The van der Waals surface area contributed by atoms with Crippen molar-refractivity contribution in [3.63, 3.8) is 0 Å². The molecule has 1 heterocycles. The number of aliphatic imine (C=N–C) groups is 1. The van der Waals surface area contributed by atoms with E-state index < -0.39 is 14.6 Å². The fourth-order valence-electron chi connectivity index (χ4n) is 2.72. The Morgan fingerprint density at radius 2 is 2.00 bits per heavy atom. The van der Waals surface area contributed by atoms with Crippen molar-refractivity contribution in [1.29, 1.82) is 0 Å². The molecule has 9 heteroatoms. The third-order valence-electron chi connectivity index (χ3n) is 4.32. The Morgan fingerprint density at radius 3 is 2.59 bits per heavy atom. The Labute approximate surface area is 183 Å². The minimum absolute atomic E-state index is 0. The van der Waals surface area contributed by atoms with Crippen LogP contribution in [0.4, 0.5) is 4.39 Å². The number of sulfone groups is 1. The van der Waals surface area contributed by atoms with E-state index in [0.29, 0.717) is 19.6 Å². The summed E-state index contributed by atoms with van der Waals surface area (Å²) in [5.41, 5.74) is 0. The van der Waals surface area contributed by atoms with Crippen molar-refractivity contribution < 1.29 is 12.8 Å². The van der Waals surface area contributed by atoms with E-state index in [9.17, 15) is 12.8 Å². The van der Waals surface area contributed by atoms with Crippen LogP contribution in [0.15, 0.2) is 34.2 Å². The summed E-state index contributed by atoms with van der Waals surface area (Å²) in [5, 5.41) is 3.26. The molecule has 1 fully saturated rings. The van der Waals surface area contributed by atoms with Crippen molar-refractivity contribution in [3.8, 4) is 0 Å². The Bertz CT molecular complexity index is 725. The van der Waals surface area contributed by atoms with E-state index in [-0.39, 0.29) is 35.5 Å². The van der Waals surface area contributed by atoms with Crippen molar-refractivity contribution >= 4 is 51.5 Å². The molecule has 1 N–H and O–H groups in total. The SMILES string of the molecule is CCNC(=NCCCSc1ccc(F)cc1)N1CCS(=O)(=O)C(C)(C)C1.I. The summed E-state index contributed by atoms with van der Waals surface area (Å²) in [6.07, 6.45) is 0.895. The fourth-order valence-corrected chi connectivity index (χ4v) is 4.92. The summed E-state index contributed by atoms with van der Waals surface area (Å²) in [6, 6.07) is 6.50. The molecule has 0 aromatic heterocycles. The van der Waals surface area contributed by atoms with Gasteiger partial charge in [0.15, 0.2) is 15.8 Å². The molecule has 0 aliphatic carbocycles. The quantitative estimate of drug-likeness (QED) is 0.201. The van der Waals surface area contributed by atoms with Gasteiger partial charge in [-0.05, 0) is 57.2 Å². The molecule has 0 amide bonds. The highest BCUT2D eigenvalue weighted by Crippen LogP contribution is 2.24. The number of hydrogen-bond donors (Lipinski definition) is 1. The normalized spacial score (nSPS) is 18.7. The third-order valence-corrected chi connectivity index (χ3v) is 7.96. The number of nitrogens with one attached hydrogen (secondary N) is 1. The van der Waals surface area contributed by atoms with Gasteiger partial charge in [0, 0.05) is 31.1 Å². The van der Waals surface area contributed by atoms with Crippen LogP contribution in [0, 0.1) is 5.82 Å². The maximum absolute atomic E-state index is 12.9. The summed E-state index contributed by atoms with van der Waals surface area (Å²) in [5.74, 6) is 1.61. The maximum Gasteiger partial charge on any atom is 0.193 e. The number of hydrogen-bond acceptors (Lipinski definition) is 4. The molecule has 27 heavy (non-hydrogen) atoms. The third kappa shape index (κ3) is 7.08. The second-order valence-corrected chi connectivity index (χ2v) is 10.8. The highest BCUT2D eigenvalue weighted by Gasteiger charge is 2.40. The lowest BCUT2D eigenvalue weighted by Crippen LogP contribution is -2.57. The molecule has 0 spiro atoms. The molecule has 1 aromatic rings. The van der Waals surface area contributed by atoms with Crippen molar-refractivity contribution in [2.45, 2.75) is 36.8 Å². The van der Waals surface area contributed by atoms with Crippen LogP contribution in [0.2, 0.25) is 0 Å². The molecular weight excluding hydrogens is 500 g/mol. The predicted octanol–water partition coefficient (Wildman–Crippen LogP) is 3.40. The Hall–Kier alpha value is -0.550. The average molecular weight is 529 g/mol. The summed E-state index contributed by atoms with van der Waals surface area (Å²) >= 11 is 1.68. The van der Waals surface area contributed by atoms with Crippen molar-refractivity contribution in [3.05, 3.63) is 30.1 Å². The first kappa shape index (κ1) is 24.5. The standard InChI is InChI=1S/C18H28FN3O2S2.HI/c1-4-20-17(22-11-13-26(23,24)18(2,3)14-22)21-10-5-12-25-16-8-6-15(19)7-9-16;/h6-9H,4-5,10-14H2,1-3H3,(H,20,21);1H. The number of halogens is 2. The Balaban J connectivity index is 0.00000364. The van der Waals surface area contributed by atoms with E-state index in [1.54, 1.807) is 37.7 Å². The Kier molecular flexibility index (Phi) is 9.84. The molecule has 0 radical (unpaired) electrons. The zero-order valence-electron chi connectivity index (χ0n) is 16.1. The van der Waals surface area contributed by atoms with Crippen LogP contribution >= 0.6 is 35.7 Å². The number of benzene rings is 1. The summed E-state index contributed by atoms with van der Waals surface area (Å²) in [7, 11) is -3.06. The van der Waals surface area contributed by atoms with Gasteiger partial charge in [-0.3, -0.25) is 4.99 Å². The lowest BCUT2D eigenvalue weighted by atomic mass is 10.2. The van der Waals surface area contributed by atoms with Gasteiger partial charge in [0.2, 0.25) is 0 Å². The van der Waals surface area contributed by atoms with Gasteiger partial charge in [0.1, 0.15) is 5.82 Å². The van der Waals surface area contributed by atoms with E-state index in [1.165, 1.54) is 12.1 Å². The second kappa shape index (κ2) is 10.8. The monoisotopic (exact) mass is 529 g/mol. The van der Waals surface area contributed by atoms with Gasteiger partial charge in [-0.25, -0.2) is 12.8 Å². The summed E-state index contributed by atoms with van der Waals surface area (Å²) < 4.78 is 36.5. The number of rotatable bonds is 6. The molecule has 1 aliphatic rings. The van der Waals surface area contributed by atoms with E-state index in [1.807, 2.05) is 11.8 Å². The van der Waals surface area contributed by atoms with Crippen LogP contribution in [0.1, 0.15) is 27.2 Å². The van der Waals surface area contributed by atoms with Crippen molar-refractivity contribution in [2.75, 3.05) is 37.7 Å². The highest BCUT2D eigenvalue weighted by molar-refractivity contribution is 14.0. The largest absolute Gasteiger partial charge is 0.357 e. The van der Waals surface area contributed by atoms with Crippen LogP contribution in [-0.4, -0.2) is 61.7 Å². The van der Waals surface area contributed by atoms with Crippen LogP contribution in [0.3, 0.4) is 0 Å². The molecule has 154 valence electrons. The second-order valence-electron chi connectivity index (χ2n) is 6.89. The van der Waals surface area contributed by atoms with Gasteiger partial charge >= 0.3 is 0 Å². The molecule has 0 bridgehead atoms. The first-order valence-electron chi connectivity index (χ1n) is 8.89. The molecule has 1 saturated heterocycles. The van der Waals surface area contributed by atoms with E-state index in [4.69, 9.17) is 0 Å². The molecule has 5 nitrogen and oxygen atoms in total. The van der Waals surface area contributed by atoms with Crippen molar-refractivity contribution in [1.82, 2.24) is 10.2 Å². The molecule has 0 atom stereocenters. The first-order valence-corrected chi connectivity index (χ1v) is 11.5. The van der Waals surface area contributed by atoms with E-state index in [0.717, 1.165) is 29.6 Å². The fraction of sp³-hybridized carbons (Fsp3) is 0.611. The number of guanidine groups is 1. The highest BCUT2D eigenvalue weighted by atomic mass is 127. The molecular formula is C18H29FIN3O2S2. The van der Waals surface area contributed by atoms with Gasteiger partial charge in [-0.2, -0.15) is 0 Å². The van der Waals surface area contributed by atoms with Crippen LogP contribution in [-0.2, 0) is 9.84 Å². The van der Waals surface area contributed by atoms with Crippen LogP contribution in [0.25, 0.3) is 0 Å². The minimum atomic E-state index is -3.06. The zero-order valence-corrected chi connectivity index (χ0v) is 20.0. The van der Waals surface area contributed by atoms with Gasteiger partial charge in [-0.1, -0.05) is 0 Å². The number of nitrogens with zero attached hydrogens (tertiary/aromatic N) is 2. The van der Waals surface area contributed by atoms with Gasteiger partial charge in [0.25, 0.3) is 0 Å². The molecule has 0 unspecified atom stereocenters. The predicted molar refractivity (Wildman–Crippen MR) is 123 cm³/mol. The van der Waals surface area contributed by atoms with Gasteiger partial charge in [-0.15, -0.1) is 35.7 Å². The van der Waals surface area contributed by atoms with Crippen LogP contribution in [0.5, 0.6) is 0 Å². The topological polar surface area (TPSA) is 61.8 Å². The van der Waals surface area contributed by atoms with Crippen molar-refractivity contribution in [2.24, 2.45) is 4.99 Å². The van der Waals surface area contributed by atoms with Crippen LogP contribution < -0.4 is 5.32 Å². The van der Waals surface area contributed by atoms with Gasteiger partial charge in [0.05, 0.1) is 10.5 Å². The molecule has 2 rings (SSSR count). The lowest BCUT2D eigenvalue weighted by Gasteiger charge is -2.39. The van der Waals surface area contributed by atoms with Gasteiger partial charge < -0.3 is 10.2 Å². The summed E-state index contributed by atoms with van der Waals surface area (Å²) in [4.78, 5) is 7.74. The molecule has 1 aliphatic heterocycles. The lowest BCUT2D eigenvalue weighted by molar-refractivity contribution is 0.353. The maximum atomic E-state index is 12.9. The molecule has 1 aromatic carbocycles. The smallest absolute Gasteiger partial charge is 0.193 e. The number of thioether (sulfide) groups is 1. The first-order chi connectivity index (χ1) is 12.2. The molecule has 0 saturated carbocycles. The zero-order chi connectivity index (χ0) is 19.2. The average Bonchev–Trinajstić information content (AvgIpc) is 2.58. The van der Waals surface area contributed by atoms with E-state index in [2.05, 4.69) is 10.3 Å². The summed E-state index contributed by atoms with van der Waals surface area (Å²) in [6.45, 7) is 7.89. The minimum Gasteiger partial charge on any atom is -0.357 e.